The monoisotopic (exact) mass is 293 g/mol. The first kappa shape index (κ1) is 14.6. The Bertz CT molecular complexity index is 666. The number of rotatable bonds is 5. The fourth-order valence-electron chi connectivity index (χ4n) is 2.09. The van der Waals surface area contributed by atoms with Gasteiger partial charge in [-0.05, 0) is 30.5 Å². The Hall–Kier alpha value is -1.84. The predicted molar refractivity (Wildman–Crippen MR) is 73.6 cm³/mol. The lowest BCUT2D eigenvalue weighted by Gasteiger charge is -2.15. The van der Waals surface area contributed by atoms with Crippen LogP contribution in [0.1, 0.15) is 18.4 Å². The molecule has 0 unspecified atom stereocenters. The molecule has 0 atom stereocenters. The first-order chi connectivity index (χ1) is 9.34. The number of terminal acetylenes is 1. The summed E-state index contributed by atoms with van der Waals surface area (Å²) in [7, 11) is -2.21. The van der Waals surface area contributed by atoms with Crippen molar-refractivity contribution in [2.45, 2.75) is 23.2 Å². The van der Waals surface area contributed by atoms with E-state index in [2.05, 4.69) is 5.92 Å². The van der Waals surface area contributed by atoms with Crippen LogP contribution in [0, 0.1) is 12.3 Å². The zero-order chi connectivity index (χ0) is 15.0. The maximum absolute atomic E-state index is 12.1. The summed E-state index contributed by atoms with van der Waals surface area (Å²) in [5.41, 5.74) is -0.184. The summed E-state index contributed by atoms with van der Waals surface area (Å²) in [6.45, 7) is -0.0108. The summed E-state index contributed by atoms with van der Waals surface area (Å²) in [6, 6.07) is 6.00. The molecule has 1 fully saturated rings. The van der Waals surface area contributed by atoms with Crippen molar-refractivity contribution in [1.29, 1.82) is 0 Å². The third kappa shape index (κ3) is 2.30. The van der Waals surface area contributed by atoms with E-state index in [1.807, 2.05) is 0 Å². The van der Waals surface area contributed by atoms with Crippen molar-refractivity contribution in [3.8, 4) is 12.3 Å². The van der Waals surface area contributed by atoms with Crippen LogP contribution >= 0.6 is 0 Å². The molecule has 2 rings (SSSR count). The standard InChI is InChI=1S/C14H15NO4S/c1-3-10-15(2)20(18,19)12-6-4-11(5-7-12)14(8-9-14)13(16)17/h1,4-7H,8-10H2,2H3,(H,16,17). The van der Waals surface area contributed by atoms with Crippen LogP contribution in [-0.4, -0.2) is 37.4 Å². The summed E-state index contributed by atoms with van der Waals surface area (Å²) in [5.74, 6) is 1.41. The first-order valence-corrected chi connectivity index (χ1v) is 7.52. The number of carboxylic acid groups (broad SMARTS) is 1. The molecule has 1 aromatic rings. The maximum Gasteiger partial charge on any atom is 0.314 e. The highest BCUT2D eigenvalue weighted by Gasteiger charge is 2.51. The van der Waals surface area contributed by atoms with Crippen molar-refractivity contribution in [3.05, 3.63) is 29.8 Å². The molecular weight excluding hydrogens is 278 g/mol. The number of sulfonamides is 1. The predicted octanol–water partition coefficient (Wildman–Crippen LogP) is 1.06. The van der Waals surface area contributed by atoms with Crippen LogP contribution in [0.15, 0.2) is 29.2 Å². The molecule has 5 nitrogen and oxygen atoms in total. The van der Waals surface area contributed by atoms with Gasteiger partial charge in [0.05, 0.1) is 16.9 Å². The molecule has 0 heterocycles. The molecule has 1 aliphatic carbocycles. The van der Waals surface area contributed by atoms with Gasteiger partial charge in [-0.1, -0.05) is 18.1 Å². The Morgan fingerprint density at radius 3 is 2.35 bits per heavy atom. The number of carboxylic acids is 1. The Morgan fingerprint density at radius 1 is 1.40 bits per heavy atom. The molecule has 1 aliphatic rings. The van der Waals surface area contributed by atoms with E-state index in [4.69, 9.17) is 6.42 Å². The van der Waals surface area contributed by atoms with Crippen LogP contribution in [0.2, 0.25) is 0 Å². The van der Waals surface area contributed by atoms with E-state index in [9.17, 15) is 18.3 Å². The normalized spacial score (nSPS) is 16.6. The lowest BCUT2D eigenvalue weighted by molar-refractivity contribution is -0.140. The highest BCUT2D eigenvalue weighted by Crippen LogP contribution is 2.48. The molecule has 0 radical (unpaired) electrons. The third-order valence-electron chi connectivity index (χ3n) is 3.59. The lowest BCUT2D eigenvalue weighted by atomic mass is 9.96. The Labute approximate surface area is 118 Å². The van der Waals surface area contributed by atoms with Crippen LogP contribution in [-0.2, 0) is 20.2 Å². The van der Waals surface area contributed by atoms with Crippen LogP contribution < -0.4 is 0 Å². The van der Waals surface area contributed by atoms with Crippen LogP contribution in [0.4, 0.5) is 0 Å². The molecule has 1 N–H and O–H groups in total. The van der Waals surface area contributed by atoms with Crippen molar-refractivity contribution in [3.63, 3.8) is 0 Å². The molecule has 0 saturated heterocycles. The lowest BCUT2D eigenvalue weighted by Crippen LogP contribution is -2.27. The van der Waals surface area contributed by atoms with Crippen LogP contribution in [0.3, 0.4) is 0 Å². The molecule has 0 amide bonds. The second-order valence-electron chi connectivity index (χ2n) is 4.88. The number of nitrogens with zero attached hydrogens (tertiary/aromatic N) is 1. The Morgan fingerprint density at radius 2 is 1.95 bits per heavy atom. The molecule has 0 aliphatic heterocycles. The van der Waals surface area contributed by atoms with Crippen molar-refractivity contribution in [2.75, 3.05) is 13.6 Å². The molecular formula is C14H15NO4S. The van der Waals surface area contributed by atoms with Gasteiger partial charge in [0.1, 0.15) is 0 Å². The first-order valence-electron chi connectivity index (χ1n) is 6.08. The summed E-state index contributed by atoms with van der Waals surface area (Å²) < 4.78 is 25.4. The highest BCUT2D eigenvalue weighted by atomic mass is 32.2. The smallest absolute Gasteiger partial charge is 0.314 e. The number of benzene rings is 1. The van der Waals surface area contributed by atoms with E-state index >= 15 is 0 Å². The van der Waals surface area contributed by atoms with Gasteiger partial charge in [0.2, 0.25) is 10.0 Å². The molecule has 1 aromatic carbocycles. The minimum Gasteiger partial charge on any atom is -0.481 e. The average Bonchev–Trinajstić information content (AvgIpc) is 3.20. The fraction of sp³-hybridized carbons (Fsp3) is 0.357. The molecule has 20 heavy (non-hydrogen) atoms. The zero-order valence-corrected chi connectivity index (χ0v) is 11.9. The minimum atomic E-state index is -3.62. The minimum absolute atomic E-state index is 0.0108. The third-order valence-corrected chi connectivity index (χ3v) is 5.41. The highest BCUT2D eigenvalue weighted by molar-refractivity contribution is 7.89. The topological polar surface area (TPSA) is 74.7 Å². The quantitative estimate of drug-likeness (QED) is 0.824. The van der Waals surface area contributed by atoms with Gasteiger partial charge in [0, 0.05) is 7.05 Å². The van der Waals surface area contributed by atoms with Gasteiger partial charge in [-0.15, -0.1) is 6.42 Å². The van der Waals surface area contributed by atoms with Gasteiger partial charge < -0.3 is 5.11 Å². The van der Waals surface area contributed by atoms with E-state index < -0.39 is 21.4 Å². The van der Waals surface area contributed by atoms with Crippen molar-refractivity contribution in [2.24, 2.45) is 0 Å². The Kier molecular flexibility index (Phi) is 3.59. The molecule has 0 spiro atoms. The second kappa shape index (κ2) is 4.93. The van der Waals surface area contributed by atoms with Gasteiger partial charge in [0.25, 0.3) is 0 Å². The second-order valence-corrected chi connectivity index (χ2v) is 6.92. The van der Waals surface area contributed by atoms with Gasteiger partial charge in [-0.2, -0.15) is 4.31 Å². The summed E-state index contributed by atoms with van der Waals surface area (Å²) in [4.78, 5) is 11.3. The molecule has 106 valence electrons. The Balaban J connectivity index is 2.30. The molecule has 0 aromatic heterocycles. The number of hydrogen-bond donors (Lipinski definition) is 1. The van der Waals surface area contributed by atoms with Crippen LogP contribution in [0.5, 0.6) is 0 Å². The summed E-state index contributed by atoms with van der Waals surface area (Å²) >= 11 is 0. The molecule has 0 bridgehead atoms. The van der Waals surface area contributed by atoms with Crippen LogP contribution in [0.25, 0.3) is 0 Å². The van der Waals surface area contributed by atoms with Gasteiger partial charge in [0.15, 0.2) is 0 Å². The van der Waals surface area contributed by atoms with Crippen molar-refractivity contribution < 1.29 is 18.3 Å². The van der Waals surface area contributed by atoms with Gasteiger partial charge >= 0.3 is 5.97 Å². The molecule has 6 heteroatoms. The van der Waals surface area contributed by atoms with E-state index in [1.165, 1.54) is 19.2 Å². The van der Waals surface area contributed by atoms with E-state index in [-0.39, 0.29) is 11.4 Å². The summed E-state index contributed by atoms with van der Waals surface area (Å²) in [6.07, 6.45) is 6.28. The average molecular weight is 293 g/mol. The van der Waals surface area contributed by atoms with E-state index in [1.54, 1.807) is 12.1 Å². The van der Waals surface area contributed by atoms with E-state index in [0.29, 0.717) is 18.4 Å². The van der Waals surface area contributed by atoms with Gasteiger partial charge in [-0.25, -0.2) is 8.42 Å². The number of aliphatic carboxylic acids is 1. The number of carbonyl (C=O) groups is 1. The SMILES string of the molecule is C#CCN(C)S(=O)(=O)c1ccc(C2(C(=O)O)CC2)cc1. The largest absolute Gasteiger partial charge is 0.481 e. The van der Waals surface area contributed by atoms with Crippen molar-refractivity contribution >= 4 is 16.0 Å². The fourth-order valence-corrected chi connectivity index (χ4v) is 3.17. The molecule has 1 saturated carbocycles. The van der Waals surface area contributed by atoms with Crippen molar-refractivity contribution in [1.82, 2.24) is 4.31 Å². The zero-order valence-electron chi connectivity index (χ0n) is 11.0. The maximum atomic E-state index is 12.1. The van der Waals surface area contributed by atoms with E-state index in [0.717, 1.165) is 4.31 Å². The number of hydrogen-bond acceptors (Lipinski definition) is 3. The summed E-state index contributed by atoms with van der Waals surface area (Å²) in [5, 5.41) is 9.20. The van der Waals surface area contributed by atoms with Gasteiger partial charge in [-0.3, -0.25) is 4.79 Å².